The molecule has 0 atom stereocenters. The second-order valence-electron chi connectivity index (χ2n) is 8.02. The number of amides is 2. The van der Waals surface area contributed by atoms with Gasteiger partial charge in [0.1, 0.15) is 0 Å². The SMILES string of the molecule is Cc1nnn(Cc2cc(Cl)ccc2/C=C/C(=O)N2CCC(CCNC(=O)C(C=N)=NN)CC2)n1. The van der Waals surface area contributed by atoms with Crippen LogP contribution in [0, 0.1) is 18.3 Å². The van der Waals surface area contributed by atoms with Crippen molar-refractivity contribution in [1.82, 2.24) is 30.4 Å². The number of nitrogens with one attached hydrogen (secondary N) is 2. The Morgan fingerprint density at radius 2 is 2.12 bits per heavy atom. The van der Waals surface area contributed by atoms with Crippen LogP contribution in [0.5, 0.6) is 0 Å². The molecule has 3 rings (SSSR count). The maximum Gasteiger partial charge on any atom is 0.273 e. The highest BCUT2D eigenvalue weighted by Gasteiger charge is 2.21. The lowest BCUT2D eigenvalue weighted by Gasteiger charge is -2.31. The molecule has 2 heterocycles. The average Bonchev–Trinajstić information content (AvgIpc) is 3.24. The van der Waals surface area contributed by atoms with Crippen molar-refractivity contribution >= 4 is 41.4 Å². The predicted octanol–water partition coefficient (Wildman–Crippen LogP) is 1.41. The minimum atomic E-state index is -0.452. The van der Waals surface area contributed by atoms with E-state index < -0.39 is 5.91 Å². The molecule has 2 amide bonds. The molecule has 0 aliphatic carbocycles. The molecule has 1 aromatic heterocycles. The number of nitrogens with zero attached hydrogens (tertiary/aromatic N) is 6. The molecule has 0 saturated carbocycles. The Balaban J connectivity index is 1.50. The summed E-state index contributed by atoms with van der Waals surface area (Å²) < 4.78 is 0. The van der Waals surface area contributed by atoms with E-state index in [1.165, 1.54) is 4.80 Å². The number of benzene rings is 1. The van der Waals surface area contributed by atoms with Gasteiger partial charge in [-0.1, -0.05) is 17.7 Å². The molecule has 1 aliphatic heterocycles. The van der Waals surface area contributed by atoms with Crippen LogP contribution >= 0.6 is 11.6 Å². The molecule has 1 aliphatic rings. The molecular formula is C22H28ClN9O2. The smallest absolute Gasteiger partial charge is 0.273 e. The summed E-state index contributed by atoms with van der Waals surface area (Å²) in [5.41, 5.74) is 1.65. The molecule has 11 nitrogen and oxygen atoms in total. The van der Waals surface area contributed by atoms with Gasteiger partial charge in [-0.3, -0.25) is 9.59 Å². The number of carbonyl (C=O) groups excluding carboxylic acids is 2. The van der Waals surface area contributed by atoms with Crippen LogP contribution in [0.2, 0.25) is 5.02 Å². The van der Waals surface area contributed by atoms with Gasteiger partial charge in [0, 0.05) is 30.7 Å². The lowest BCUT2D eigenvalue weighted by atomic mass is 9.93. The minimum absolute atomic E-state index is 0.0443. The number of aromatic nitrogens is 4. The molecule has 34 heavy (non-hydrogen) atoms. The quantitative estimate of drug-likeness (QED) is 0.211. The minimum Gasteiger partial charge on any atom is -0.351 e. The van der Waals surface area contributed by atoms with Crippen molar-refractivity contribution in [2.75, 3.05) is 19.6 Å². The number of hydrogen-bond donors (Lipinski definition) is 3. The largest absolute Gasteiger partial charge is 0.351 e. The van der Waals surface area contributed by atoms with E-state index in [1.807, 2.05) is 17.0 Å². The number of hydrazone groups is 1. The van der Waals surface area contributed by atoms with E-state index in [0.717, 1.165) is 36.6 Å². The molecule has 4 N–H and O–H groups in total. The molecular weight excluding hydrogens is 458 g/mol. The van der Waals surface area contributed by atoms with E-state index in [-0.39, 0.29) is 11.6 Å². The first-order valence-corrected chi connectivity index (χ1v) is 11.3. The van der Waals surface area contributed by atoms with Crippen LogP contribution in [0.4, 0.5) is 0 Å². The Kier molecular flexibility index (Phi) is 8.86. The van der Waals surface area contributed by atoms with Gasteiger partial charge in [-0.15, -0.1) is 10.2 Å². The molecule has 0 bridgehead atoms. The third-order valence-electron chi connectivity index (χ3n) is 5.65. The zero-order chi connectivity index (χ0) is 24.5. The van der Waals surface area contributed by atoms with Gasteiger partial charge in [-0.05, 0) is 66.7 Å². The second kappa shape index (κ2) is 12.0. The number of aryl methyl sites for hydroxylation is 1. The van der Waals surface area contributed by atoms with Gasteiger partial charge in [-0.2, -0.15) is 9.90 Å². The number of carbonyl (C=O) groups is 2. The molecule has 1 saturated heterocycles. The molecule has 1 aromatic carbocycles. The summed E-state index contributed by atoms with van der Waals surface area (Å²) in [6.07, 6.45) is 6.72. The maximum atomic E-state index is 12.7. The van der Waals surface area contributed by atoms with Crippen molar-refractivity contribution in [2.45, 2.75) is 32.7 Å². The Hall–Kier alpha value is -3.60. The van der Waals surface area contributed by atoms with Gasteiger partial charge in [0.2, 0.25) is 5.91 Å². The molecule has 0 spiro atoms. The van der Waals surface area contributed by atoms with Crippen molar-refractivity contribution in [3.8, 4) is 0 Å². The summed E-state index contributed by atoms with van der Waals surface area (Å²) in [5, 5.41) is 25.7. The van der Waals surface area contributed by atoms with E-state index in [9.17, 15) is 9.59 Å². The zero-order valence-corrected chi connectivity index (χ0v) is 19.7. The van der Waals surface area contributed by atoms with Crippen LogP contribution in [0.15, 0.2) is 29.4 Å². The van der Waals surface area contributed by atoms with Crippen LogP contribution in [0.3, 0.4) is 0 Å². The number of nitrogens with two attached hydrogens (primary N) is 1. The first-order valence-electron chi connectivity index (χ1n) is 11.0. The summed E-state index contributed by atoms with van der Waals surface area (Å²) >= 11 is 6.16. The third kappa shape index (κ3) is 6.95. The van der Waals surface area contributed by atoms with Crippen molar-refractivity contribution in [3.63, 3.8) is 0 Å². The highest BCUT2D eigenvalue weighted by Crippen LogP contribution is 2.21. The number of piperidine rings is 1. The Morgan fingerprint density at radius 3 is 2.76 bits per heavy atom. The average molecular weight is 486 g/mol. The maximum absolute atomic E-state index is 12.7. The molecule has 1 fully saturated rings. The fourth-order valence-corrected chi connectivity index (χ4v) is 3.96. The van der Waals surface area contributed by atoms with E-state index in [4.69, 9.17) is 22.9 Å². The highest BCUT2D eigenvalue weighted by molar-refractivity contribution is 6.60. The van der Waals surface area contributed by atoms with Crippen LogP contribution in [0.1, 0.15) is 36.2 Å². The van der Waals surface area contributed by atoms with Gasteiger partial charge in [0.15, 0.2) is 11.5 Å². The van der Waals surface area contributed by atoms with Crippen LogP contribution in [-0.2, 0) is 16.1 Å². The van der Waals surface area contributed by atoms with E-state index in [1.54, 1.807) is 25.1 Å². The fourth-order valence-electron chi connectivity index (χ4n) is 3.77. The van der Waals surface area contributed by atoms with E-state index in [0.29, 0.717) is 42.9 Å². The number of halogens is 1. The van der Waals surface area contributed by atoms with Gasteiger partial charge in [0.25, 0.3) is 5.91 Å². The predicted molar refractivity (Wildman–Crippen MR) is 129 cm³/mol. The summed E-state index contributed by atoms with van der Waals surface area (Å²) in [6, 6.07) is 5.48. The first-order chi connectivity index (χ1) is 16.4. The van der Waals surface area contributed by atoms with Crippen molar-refractivity contribution in [1.29, 1.82) is 5.41 Å². The highest BCUT2D eigenvalue weighted by atomic mass is 35.5. The van der Waals surface area contributed by atoms with Gasteiger partial charge < -0.3 is 21.5 Å². The van der Waals surface area contributed by atoms with Crippen LogP contribution < -0.4 is 11.2 Å². The number of hydrogen-bond acceptors (Lipinski definition) is 8. The summed E-state index contributed by atoms with van der Waals surface area (Å²) in [7, 11) is 0. The summed E-state index contributed by atoms with van der Waals surface area (Å²) in [4.78, 5) is 27.8. The number of tetrazole rings is 1. The number of likely N-dealkylation sites (tertiary alicyclic amines) is 1. The normalized spacial score (nSPS) is 15.0. The van der Waals surface area contributed by atoms with E-state index >= 15 is 0 Å². The topological polar surface area (TPSA) is 155 Å². The van der Waals surface area contributed by atoms with E-state index in [2.05, 4.69) is 25.8 Å². The Morgan fingerprint density at radius 1 is 1.35 bits per heavy atom. The lowest BCUT2D eigenvalue weighted by Crippen LogP contribution is -2.39. The lowest BCUT2D eigenvalue weighted by molar-refractivity contribution is -0.127. The molecule has 0 radical (unpaired) electrons. The van der Waals surface area contributed by atoms with Crippen molar-refractivity contribution in [2.24, 2.45) is 16.9 Å². The van der Waals surface area contributed by atoms with Crippen LogP contribution in [-0.4, -0.2) is 68.5 Å². The molecule has 12 heteroatoms. The Bertz CT molecular complexity index is 1090. The van der Waals surface area contributed by atoms with Crippen molar-refractivity contribution in [3.05, 3.63) is 46.2 Å². The molecule has 0 unspecified atom stereocenters. The van der Waals surface area contributed by atoms with Gasteiger partial charge in [0.05, 0.1) is 12.8 Å². The Labute approximate surface area is 202 Å². The van der Waals surface area contributed by atoms with Gasteiger partial charge in [-0.25, -0.2) is 0 Å². The zero-order valence-electron chi connectivity index (χ0n) is 18.9. The summed E-state index contributed by atoms with van der Waals surface area (Å²) in [6.45, 7) is 3.96. The monoisotopic (exact) mass is 485 g/mol. The molecule has 180 valence electrons. The standard InChI is InChI=1S/C22H28ClN9O2/c1-15-28-30-32(29-15)14-18-12-19(23)4-2-17(18)3-5-21(33)31-10-7-16(8-11-31)6-9-26-22(34)20(13-24)27-25/h2-5,12-13,16,24H,6-11,14,25H2,1H3,(H,26,34)/b5-3+,24-13?,27-20?. The summed E-state index contributed by atoms with van der Waals surface area (Å²) in [5.74, 6) is 5.57. The second-order valence-corrected chi connectivity index (χ2v) is 8.45. The fraction of sp³-hybridized carbons (Fsp3) is 0.409. The van der Waals surface area contributed by atoms with Gasteiger partial charge >= 0.3 is 0 Å². The van der Waals surface area contributed by atoms with Crippen molar-refractivity contribution < 1.29 is 9.59 Å². The molecule has 2 aromatic rings. The third-order valence-corrected chi connectivity index (χ3v) is 5.88. The van der Waals surface area contributed by atoms with Crippen LogP contribution in [0.25, 0.3) is 6.08 Å². The number of rotatable bonds is 9. The first kappa shape index (κ1) is 25.0.